The number of benzene rings is 2. The summed E-state index contributed by atoms with van der Waals surface area (Å²) in [5.74, 6) is 1.57. The van der Waals surface area contributed by atoms with Crippen molar-refractivity contribution in [2.24, 2.45) is 5.73 Å². The number of nitrogens with two attached hydrogens (primary N) is 1. The van der Waals surface area contributed by atoms with Crippen LogP contribution in [0.25, 0.3) is 10.8 Å². The number of rotatable bonds is 4. The van der Waals surface area contributed by atoms with Crippen molar-refractivity contribution >= 4 is 28.0 Å². The number of thiocarbonyl (C=S) groups is 1. The van der Waals surface area contributed by atoms with Gasteiger partial charge in [-0.15, -0.1) is 0 Å². The molecule has 0 radical (unpaired) electrons. The summed E-state index contributed by atoms with van der Waals surface area (Å²) in [6, 6.07) is 15.4. The smallest absolute Gasteiger partial charge is 0.146 e. The average Bonchev–Trinajstić information content (AvgIpc) is 2.97. The topological polar surface area (TPSA) is 48.4 Å². The van der Waals surface area contributed by atoms with E-state index in [0.29, 0.717) is 11.6 Å². The van der Waals surface area contributed by atoms with Gasteiger partial charge >= 0.3 is 0 Å². The molecule has 0 unspecified atom stereocenters. The van der Waals surface area contributed by atoms with Gasteiger partial charge in [-0.05, 0) is 29.7 Å². The van der Waals surface area contributed by atoms with E-state index in [2.05, 4.69) is 0 Å². The summed E-state index contributed by atoms with van der Waals surface area (Å²) in [6.07, 6.45) is 1.63. The van der Waals surface area contributed by atoms with Crippen LogP contribution in [0.4, 0.5) is 0 Å². The van der Waals surface area contributed by atoms with Gasteiger partial charge in [0, 0.05) is 10.9 Å². The highest BCUT2D eigenvalue weighted by Gasteiger charge is 2.08. The molecule has 0 amide bonds. The van der Waals surface area contributed by atoms with Crippen LogP contribution in [-0.4, -0.2) is 4.99 Å². The van der Waals surface area contributed by atoms with Crippen LogP contribution in [0.3, 0.4) is 0 Å². The fourth-order valence-corrected chi connectivity index (χ4v) is 2.33. The van der Waals surface area contributed by atoms with Gasteiger partial charge in [-0.3, -0.25) is 0 Å². The highest BCUT2D eigenvalue weighted by atomic mass is 32.1. The van der Waals surface area contributed by atoms with Crippen molar-refractivity contribution in [3.05, 3.63) is 66.1 Å². The third-order valence-electron chi connectivity index (χ3n) is 3.10. The fourth-order valence-electron chi connectivity index (χ4n) is 2.16. The molecule has 0 aliphatic carbocycles. The summed E-state index contributed by atoms with van der Waals surface area (Å²) in [4.78, 5) is 0.388. The fraction of sp³-hybridized carbons (Fsp3) is 0.0625. The van der Waals surface area contributed by atoms with E-state index in [-0.39, 0.29) is 0 Å². The Labute approximate surface area is 122 Å². The van der Waals surface area contributed by atoms with E-state index in [9.17, 15) is 0 Å². The van der Waals surface area contributed by atoms with Gasteiger partial charge in [0.15, 0.2) is 0 Å². The zero-order chi connectivity index (χ0) is 13.9. The highest BCUT2D eigenvalue weighted by molar-refractivity contribution is 7.80. The molecule has 0 aliphatic heterocycles. The lowest BCUT2D eigenvalue weighted by molar-refractivity contribution is 0.273. The number of fused-ring (bicyclic) bond motifs is 1. The van der Waals surface area contributed by atoms with Gasteiger partial charge < -0.3 is 14.9 Å². The van der Waals surface area contributed by atoms with Crippen molar-refractivity contribution in [2.75, 3.05) is 0 Å². The van der Waals surface area contributed by atoms with Gasteiger partial charge in [0.1, 0.15) is 23.1 Å². The highest BCUT2D eigenvalue weighted by Crippen LogP contribution is 2.29. The first-order valence-electron chi connectivity index (χ1n) is 6.22. The average molecular weight is 283 g/mol. The largest absolute Gasteiger partial charge is 0.485 e. The monoisotopic (exact) mass is 283 g/mol. The zero-order valence-corrected chi connectivity index (χ0v) is 11.5. The molecule has 0 saturated heterocycles. The van der Waals surface area contributed by atoms with E-state index in [1.807, 2.05) is 48.5 Å². The summed E-state index contributed by atoms with van der Waals surface area (Å²) in [7, 11) is 0. The second-order valence-electron chi connectivity index (χ2n) is 4.39. The van der Waals surface area contributed by atoms with Gasteiger partial charge in [-0.1, -0.05) is 36.5 Å². The van der Waals surface area contributed by atoms with Gasteiger partial charge in [-0.2, -0.15) is 0 Å². The second-order valence-corrected chi connectivity index (χ2v) is 4.83. The standard InChI is InChI=1S/C16H13NO2S/c17-16(20)14-7-8-15(13-6-2-1-5-12(13)14)19-10-11-4-3-9-18-11/h1-9H,10H2,(H2,17,20). The molecule has 0 spiro atoms. The molecular formula is C16H13NO2S. The lowest BCUT2D eigenvalue weighted by atomic mass is 10.0. The Morgan fingerprint density at radius 1 is 1.05 bits per heavy atom. The molecule has 0 fully saturated rings. The number of hydrogen-bond donors (Lipinski definition) is 1. The maximum Gasteiger partial charge on any atom is 0.146 e. The van der Waals surface area contributed by atoms with Crippen molar-refractivity contribution in [2.45, 2.75) is 6.61 Å². The predicted molar refractivity (Wildman–Crippen MR) is 82.9 cm³/mol. The maximum absolute atomic E-state index is 5.82. The van der Waals surface area contributed by atoms with Crippen LogP contribution in [0.1, 0.15) is 11.3 Å². The summed E-state index contributed by atoms with van der Waals surface area (Å²) >= 11 is 5.08. The van der Waals surface area contributed by atoms with Crippen LogP contribution in [0.5, 0.6) is 5.75 Å². The van der Waals surface area contributed by atoms with Crippen molar-refractivity contribution in [3.8, 4) is 5.75 Å². The first-order valence-corrected chi connectivity index (χ1v) is 6.63. The molecule has 1 heterocycles. The van der Waals surface area contributed by atoms with E-state index < -0.39 is 0 Å². The van der Waals surface area contributed by atoms with E-state index in [4.69, 9.17) is 27.1 Å². The van der Waals surface area contributed by atoms with Gasteiger partial charge in [0.25, 0.3) is 0 Å². The number of ether oxygens (including phenoxy) is 1. The first-order chi connectivity index (χ1) is 9.75. The minimum Gasteiger partial charge on any atom is -0.485 e. The molecular weight excluding hydrogens is 270 g/mol. The van der Waals surface area contributed by atoms with E-state index in [1.54, 1.807) is 6.26 Å². The lowest BCUT2D eigenvalue weighted by Gasteiger charge is -2.11. The summed E-state index contributed by atoms with van der Waals surface area (Å²) < 4.78 is 11.1. The zero-order valence-electron chi connectivity index (χ0n) is 10.7. The Morgan fingerprint density at radius 3 is 2.55 bits per heavy atom. The normalized spacial score (nSPS) is 10.6. The SMILES string of the molecule is NC(=S)c1ccc(OCc2ccco2)c2ccccc12. The van der Waals surface area contributed by atoms with Gasteiger partial charge in [0.05, 0.1) is 6.26 Å². The minimum absolute atomic E-state index is 0.388. The Kier molecular flexibility index (Phi) is 3.39. The number of furan rings is 1. The molecule has 20 heavy (non-hydrogen) atoms. The first kappa shape index (κ1) is 12.7. The van der Waals surface area contributed by atoms with Crippen LogP contribution in [0, 0.1) is 0 Å². The van der Waals surface area contributed by atoms with Crippen LogP contribution < -0.4 is 10.5 Å². The third-order valence-corrected chi connectivity index (χ3v) is 3.32. The predicted octanol–water partition coefficient (Wildman–Crippen LogP) is 3.65. The second kappa shape index (κ2) is 5.35. The Bertz CT molecular complexity index is 750. The molecule has 3 rings (SSSR count). The minimum atomic E-state index is 0.388. The Morgan fingerprint density at radius 2 is 1.85 bits per heavy atom. The molecule has 2 N–H and O–H groups in total. The van der Waals surface area contributed by atoms with Gasteiger partial charge in [-0.25, -0.2) is 0 Å². The van der Waals surface area contributed by atoms with Crippen molar-refractivity contribution in [1.29, 1.82) is 0 Å². The summed E-state index contributed by atoms with van der Waals surface area (Å²) in [5.41, 5.74) is 6.62. The molecule has 3 aromatic rings. The molecule has 0 bridgehead atoms. The Balaban J connectivity index is 1.99. The molecule has 100 valence electrons. The molecule has 0 aliphatic rings. The van der Waals surface area contributed by atoms with Crippen LogP contribution in [0.15, 0.2) is 59.2 Å². The van der Waals surface area contributed by atoms with Crippen LogP contribution >= 0.6 is 12.2 Å². The molecule has 3 nitrogen and oxygen atoms in total. The van der Waals surface area contributed by atoms with E-state index in [1.165, 1.54) is 0 Å². The molecule has 4 heteroatoms. The van der Waals surface area contributed by atoms with E-state index >= 15 is 0 Å². The molecule has 0 atom stereocenters. The van der Waals surface area contributed by atoms with Crippen molar-refractivity contribution < 1.29 is 9.15 Å². The molecule has 2 aromatic carbocycles. The summed E-state index contributed by atoms with van der Waals surface area (Å²) in [6.45, 7) is 0.392. The third kappa shape index (κ3) is 2.38. The number of hydrogen-bond acceptors (Lipinski definition) is 3. The summed E-state index contributed by atoms with van der Waals surface area (Å²) in [5, 5.41) is 1.99. The van der Waals surface area contributed by atoms with Crippen LogP contribution in [0.2, 0.25) is 0 Å². The van der Waals surface area contributed by atoms with Gasteiger partial charge in [0.2, 0.25) is 0 Å². The quantitative estimate of drug-likeness (QED) is 0.743. The maximum atomic E-state index is 5.82. The van der Waals surface area contributed by atoms with Crippen molar-refractivity contribution in [1.82, 2.24) is 0 Å². The molecule has 0 saturated carbocycles. The van der Waals surface area contributed by atoms with E-state index in [0.717, 1.165) is 27.8 Å². The van der Waals surface area contributed by atoms with Crippen molar-refractivity contribution in [3.63, 3.8) is 0 Å². The molecule has 1 aromatic heterocycles. The van der Waals surface area contributed by atoms with Crippen LogP contribution in [-0.2, 0) is 6.61 Å². The Hall–Kier alpha value is -2.33. The lowest BCUT2D eigenvalue weighted by Crippen LogP contribution is -2.10.